The Labute approximate surface area is 176 Å². The van der Waals surface area contributed by atoms with Crippen LogP contribution in [-0.2, 0) is 4.79 Å². The Balaban J connectivity index is 1.82. The molecule has 0 saturated carbocycles. The molecule has 3 aromatic rings. The van der Waals surface area contributed by atoms with Gasteiger partial charge in [-0.3, -0.25) is 4.79 Å². The van der Waals surface area contributed by atoms with Crippen molar-refractivity contribution in [3.63, 3.8) is 0 Å². The maximum atomic E-state index is 12.3. The third-order valence-electron chi connectivity index (χ3n) is 4.95. The molecule has 0 radical (unpaired) electrons. The smallest absolute Gasteiger partial charge is 0.336 e. The minimum absolute atomic E-state index is 0.173. The van der Waals surface area contributed by atoms with Gasteiger partial charge in [0, 0.05) is 23.6 Å². The van der Waals surface area contributed by atoms with Crippen LogP contribution in [0.15, 0.2) is 57.7 Å². The molecule has 2 aromatic carbocycles. The Kier molecular flexibility index (Phi) is 6.90. The van der Waals surface area contributed by atoms with Crippen LogP contribution in [0.4, 0.5) is 0 Å². The maximum Gasteiger partial charge on any atom is 0.336 e. The molecule has 30 heavy (non-hydrogen) atoms. The van der Waals surface area contributed by atoms with Gasteiger partial charge in [-0.2, -0.15) is 0 Å². The Bertz CT molecular complexity index is 1070. The van der Waals surface area contributed by atoms with E-state index in [0.29, 0.717) is 23.4 Å². The average molecular weight is 408 g/mol. The van der Waals surface area contributed by atoms with Crippen molar-refractivity contribution in [2.75, 3.05) is 27.2 Å². The van der Waals surface area contributed by atoms with Gasteiger partial charge in [-0.1, -0.05) is 30.3 Å². The summed E-state index contributed by atoms with van der Waals surface area (Å²) < 4.78 is 11.4. The number of benzene rings is 2. The van der Waals surface area contributed by atoms with Gasteiger partial charge < -0.3 is 19.4 Å². The van der Waals surface area contributed by atoms with Gasteiger partial charge in [0.2, 0.25) is 0 Å². The summed E-state index contributed by atoms with van der Waals surface area (Å²) >= 11 is 0. The molecule has 3 rings (SSSR count). The molecule has 1 aromatic heterocycles. The average Bonchev–Trinajstić information content (AvgIpc) is 2.73. The number of nitrogens with zero attached hydrogens (tertiary/aromatic N) is 1. The molecule has 0 saturated heterocycles. The number of carbonyl (C=O) groups is 1. The van der Waals surface area contributed by atoms with Gasteiger partial charge in [0.15, 0.2) is 6.10 Å². The zero-order chi connectivity index (χ0) is 21.7. The fraction of sp³-hybridized carbons (Fsp3) is 0.333. The minimum atomic E-state index is -0.662. The number of hydrogen-bond acceptors (Lipinski definition) is 5. The molecule has 0 aliphatic carbocycles. The van der Waals surface area contributed by atoms with E-state index < -0.39 is 11.7 Å². The molecular formula is C24H28N2O4. The predicted molar refractivity (Wildman–Crippen MR) is 119 cm³/mol. The van der Waals surface area contributed by atoms with Crippen LogP contribution in [-0.4, -0.2) is 44.1 Å². The summed E-state index contributed by atoms with van der Waals surface area (Å²) in [5.41, 5.74) is 2.48. The largest absolute Gasteiger partial charge is 0.480 e. The number of nitrogens with one attached hydrogen (secondary N) is 1. The second-order valence-corrected chi connectivity index (χ2v) is 7.62. The van der Waals surface area contributed by atoms with Crippen LogP contribution in [0.3, 0.4) is 0 Å². The number of fused-ring (bicyclic) bond motifs is 1. The Morgan fingerprint density at radius 3 is 2.60 bits per heavy atom. The summed E-state index contributed by atoms with van der Waals surface area (Å²) in [5.74, 6) is 0.347. The number of rotatable bonds is 8. The van der Waals surface area contributed by atoms with Gasteiger partial charge in [-0.05, 0) is 64.2 Å². The molecule has 0 spiro atoms. The molecule has 0 aliphatic heterocycles. The van der Waals surface area contributed by atoms with Crippen LogP contribution >= 0.6 is 0 Å². The fourth-order valence-electron chi connectivity index (χ4n) is 3.32. The summed E-state index contributed by atoms with van der Waals surface area (Å²) in [6.45, 7) is 5.04. The molecule has 6 heteroatoms. The minimum Gasteiger partial charge on any atom is -0.480 e. The first-order valence-corrected chi connectivity index (χ1v) is 10.1. The highest BCUT2D eigenvalue weighted by Crippen LogP contribution is 2.33. The van der Waals surface area contributed by atoms with Crippen molar-refractivity contribution in [1.82, 2.24) is 10.2 Å². The standard InChI is InChI=1S/C24H28N2O4/c1-16-21(29-17(2)24(28)25-13-8-14-26(3)4)12-11-19-20(15-22(27)30-23(16)19)18-9-6-5-7-10-18/h5-7,9-12,15,17H,8,13-14H2,1-4H3,(H,25,28)/t17-/m1/s1. The summed E-state index contributed by atoms with van der Waals surface area (Å²) in [5, 5.41) is 3.72. The first-order valence-electron chi connectivity index (χ1n) is 10.1. The van der Waals surface area contributed by atoms with Crippen molar-refractivity contribution in [2.24, 2.45) is 0 Å². The summed E-state index contributed by atoms with van der Waals surface area (Å²) in [4.78, 5) is 26.6. The summed E-state index contributed by atoms with van der Waals surface area (Å²) in [6, 6.07) is 14.9. The van der Waals surface area contributed by atoms with Crippen molar-refractivity contribution < 1.29 is 13.9 Å². The van der Waals surface area contributed by atoms with Gasteiger partial charge >= 0.3 is 5.63 Å². The zero-order valence-corrected chi connectivity index (χ0v) is 17.9. The maximum absolute atomic E-state index is 12.3. The first kappa shape index (κ1) is 21.6. The Hall–Kier alpha value is -3.12. The van der Waals surface area contributed by atoms with Gasteiger partial charge in [-0.25, -0.2) is 4.79 Å². The number of aryl methyl sites for hydroxylation is 1. The topological polar surface area (TPSA) is 71.8 Å². The molecule has 1 N–H and O–H groups in total. The quantitative estimate of drug-likeness (QED) is 0.455. The number of ether oxygens (including phenoxy) is 1. The lowest BCUT2D eigenvalue weighted by Gasteiger charge is -2.18. The monoisotopic (exact) mass is 408 g/mol. The van der Waals surface area contributed by atoms with Crippen LogP contribution in [0.1, 0.15) is 18.9 Å². The molecule has 0 fully saturated rings. The normalized spacial score (nSPS) is 12.2. The highest BCUT2D eigenvalue weighted by Gasteiger charge is 2.18. The van der Waals surface area contributed by atoms with E-state index in [0.717, 1.165) is 29.5 Å². The lowest BCUT2D eigenvalue weighted by atomic mass is 10.00. The number of carbonyl (C=O) groups excluding carboxylic acids is 1. The second-order valence-electron chi connectivity index (χ2n) is 7.62. The van der Waals surface area contributed by atoms with Crippen LogP contribution in [0, 0.1) is 6.92 Å². The van der Waals surface area contributed by atoms with Crippen LogP contribution in [0.25, 0.3) is 22.1 Å². The van der Waals surface area contributed by atoms with E-state index in [4.69, 9.17) is 9.15 Å². The molecule has 1 atom stereocenters. The van der Waals surface area contributed by atoms with Gasteiger partial charge in [-0.15, -0.1) is 0 Å². The first-order chi connectivity index (χ1) is 14.4. The number of hydrogen-bond donors (Lipinski definition) is 1. The van der Waals surface area contributed by atoms with Crippen molar-refractivity contribution >= 4 is 16.9 Å². The molecule has 1 heterocycles. The van der Waals surface area contributed by atoms with Crippen molar-refractivity contribution in [1.29, 1.82) is 0 Å². The molecule has 0 bridgehead atoms. The van der Waals surface area contributed by atoms with Crippen molar-refractivity contribution in [3.05, 3.63) is 64.5 Å². The number of amides is 1. The van der Waals surface area contributed by atoms with E-state index >= 15 is 0 Å². The second kappa shape index (κ2) is 9.59. The van der Waals surface area contributed by atoms with Crippen LogP contribution in [0.2, 0.25) is 0 Å². The molecular weight excluding hydrogens is 380 g/mol. The molecule has 158 valence electrons. The summed E-state index contributed by atoms with van der Waals surface area (Å²) in [6.07, 6.45) is 0.206. The van der Waals surface area contributed by atoms with Crippen molar-refractivity contribution in [3.8, 4) is 16.9 Å². The zero-order valence-electron chi connectivity index (χ0n) is 17.9. The summed E-state index contributed by atoms with van der Waals surface area (Å²) in [7, 11) is 4.00. The predicted octanol–water partition coefficient (Wildman–Crippen LogP) is 3.60. The molecule has 6 nitrogen and oxygen atoms in total. The third kappa shape index (κ3) is 5.07. The lowest BCUT2D eigenvalue weighted by Crippen LogP contribution is -2.37. The molecule has 1 amide bonds. The Morgan fingerprint density at radius 1 is 1.17 bits per heavy atom. The van der Waals surface area contributed by atoms with E-state index in [1.807, 2.05) is 63.5 Å². The highest BCUT2D eigenvalue weighted by atomic mass is 16.5. The van der Waals surface area contributed by atoms with Gasteiger partial charge in [0.1, 0.15) is 11.3 Å². The molecule has 0 aliphatic rings. The highest BCUT2D eigenvalue weighted by molar-refractivity contribution is 5.95. The van der Waals surface area contributed by atoms with Crippen LogP contribution in [0.5, 0.6) is 5.75 Å². The molecule has 0 unspecified atom stereocenters. The van der Waals surface area contributed by atoms with Crippen LogP contribution < -0.4 is 15.7 Å². The van der Waals surface area contributed by atoms with E-state index in [1.165, 1.54) is 6.07 Å². The fourth-order valence-corrected chi connectivity index (χ4v) is 3.32. The SMILES string of the molecule is Cc1c(O[C@H](C)C(=O)NCCCN(C)C)ccc2c(-c3ccccc3)cc(=O)oc12. The van der Waals surface area contributed by atoms with Crippen molar-refractivity contribution in [2.45, 2.75) is 26.4 Å². The van der Waals surface area contributed by atoms with E-state index in [2.05, 4.69) is 10.2 Å². The van der Waals surface area contributed by atoms with Gasteiger partial charge in [0.25, 0.3) is 5.91 Å². The van der Waals surface area contributed by atoms with E-state index in [1.54, 1.807) is 6.92 Å². The lowest BCUT2D eigenvalue weighted by molar-refractivity contribution is -0.127. The van der Waals surface area contributed by atoms with Gasteiger partial charge in [0.05, 0.1) is 0 Å². The third-order valence-corrected chi connectivity index (χ3v) is 4.95. The van der Waals surface area contributed by atoms with E-state index in [9.17, 15) is 9.59 Å². The van der Waals surface area contributed by atoms with E-state index in [-0.39, 0.29) is 5.91 Å². The Morgan fingerprint density at radius 2 is 1.90 bits per heavy atom.